The number of anilines is 1. The lowest BCUT2D eigenvalue weighted by Crippen LogP contribution is -2.47. The Morgan fingerprint density at radius 3 is 2.30 bits per heavy atom. The van der Waals surface area contributed by atoms with Crippen LogP contribution < -0.4 is 10.1 Å². The Balaban J connectivity index is 1.93. The zero-order chi connectivity index (χ0) is 24.8. The van der Waals surface area contributed by atoms with Gasteiger partial charge in [-0.15, -0.1) is 0 Å². The van der Waals surface area contributed by atoms with E-state index in [4.69, 9.17) is 4.74 Å². The molecule has 1 N–H and O–H groups in total. The molecule has 1 aromatic heterocycles. The van der Waals surface area contributed by atoms with Gasteiger partial charge in [0.05, 0.1) is 13.2 Å². The second-order valence-electron chi connectivity index (χ2n) is 10.5. The second kappa shape index (κ2) is 8.57. The maximum absolute atomic E-state index is 14.0. The molecule has 0 saturated carbocycles. The molecule has 3 rings (SSSR count). The van der Waals surface area contributed by atoms with Gasteiger partial charge in [-0.25, -0.2) is 4.68 Å². The van der Waals surface area contributed by atoms with Crippen LogP contribution in [-0.4, -0.2) is 46.5 Å². The normalized spacial score (nSPS) is 19.0. The number of nitrogens with zero attached hydrogens (tertiary/aromatic N) is 3. The Morgan fingerprint density at radius 1 is 1.18 bits per heavy atom. The van der Waals surface area contributed by atoms with E-state index in [1.54, 1.807) is 36.2 Å². The first kappa shape index (κ1) is 24.9. The predicted molar refractivity (Wildman–Crippen MR) is 122 cm³/mol. The van der Waals surface area contributed by atoms with E-state index in [1.165, 1.54) is 13.2 Å². The van der Waals surface area contributed by atoms with Gasteiger partial charge in [-0.2, -0.15) is 18.3 Å². The lowest BCUT2D eigenvalue weighted by molar-refractivity contribution is -0.173. The van der Waals surface area contributed by atoms with Gasteiger partial charge < -0.3 is 15.0 Å². The van der Waals surface area contributed by atoms with Crippen molar-refractivity contribution in [2.75, 3.05) is 19.5 Å². The monoisotopic (exact) mass is 466 g/mol. The minimum Gasteiger partial charge on any atom is -0.497 e. The Hall–Kier alpha value is -2.71. The molecule has 6 nitrogen and oxygen atoms in total. The van der Waals surface area contributed by atoms with Crippen LogP contribution >= 0.6 is 0 Å². The smallest absolute Gasteiger partial charge is 0.410 e. The molecule has 0 aliphatic carbocycles. The first-order valence-corrected chi connectivity index (χ1v) is 11.0. The molecule has 2 heterocycles. The summed E-state index contributed by atoms with van der Waals surface area (Å²) in [6.45, 7) is 10.1. The van der Waals surface area contributed by atoms with E-state index in [-0.39, 0.29) is 23.3 Å². The zero-order valence-electron chi connectivity index (χ0n) is 20.2. The zero-order valence-corrected chi connectivity index (χ0v) is 20.2. The molecule has 2 unspecified atom stereocenters. The van der Waals surface area contributed by atoms with Crippen LogP contribution in [0.3, 0.4) is 0 Å². The highest BCUT2D eigenvalue weighted by atomic mass is 19.4. The minimum atomic E-state index is -4.51. The lowest BCUT2D eigenvalue weighted by Gasteiger charge is -2.39. The fourth-order valence-electron chi connectivity index (χ4n) is 4.60. The molecule has 1 amide bonds. The summed E-state index contributed by atoms with van der Waals surface area (Å²) in [6.07, 6.45) is -4.02. The van der Waals surface area contributed by atoms with E-state index in [9.17, 15) is 18.0 Å². The maximum Gasteiger partial charge on any atom is 0.410 e. The first-order valence-electron chi connectivity index (χ1n) is 11.0. The molecule has 1 aliphatic heterocycles. The number of amides is 1. The van der Waals surface area contributed by atoms with E-state index in [0.29, 0.717) is 11.3 Å². The van der Waals surface area contributed by atoms with Gasteiger partial charge in [0.25, 0.3) is 5.91 Å². The third-order valence-electron chi connectivity index (χ3n) is 6.10. The molecule has 0 radical (unpaired) electrons. The number of aromatic nitrogens is 2. The van der Waals surface area contributed by atoms with E-state index in [2.05, 4.69) is 31.2 Å². The largest absolute Gasteiger partial charge is 0.497 e. The van der Waals surface area contributed by atoms with Gasteiger partial charge in [0.1, 0.15) is 11.6 Å². The Labute approximate surface area is 193 Å². The molecule has 0 spiro atoms. The number of halogens is 3. The van der Waals surface area contributed by atoms with Crippen molar-refractivity contribution in [2.24, 2.45) is 5.41 Å². The number of hydrogen-bond acceptors (Lipinski definition) is 4. The van der Waals surface area contributed by atoms with E-state index < -0.39 is 29.7 Å². The minimum absolute atomic E-state index is 0.00776. The Morgan fingerprint density at radius 2 is 1.79 bits per heavy atom. The van der Waals surface area contributed by atoms with Crippen LogP contribution in [0.4, 0.5) is 19.0 Å². The molecule has 0 fully saturated rings. The second-order valence-corrected chi connectivity index (χ2v) is 10.5. The van der Waals surface area contributed by atoms with Gasteiger partial charge in [-0.05, 0) is 43.4 Å². The third kappa shape index (κ3) is 5.45. The molecule has 0 saturated heterocycles. The van der Waals surface area contributed by atoms with E-state index in [0.717, 1.165) is 11.1 Å². The summed E-state index contributed by atoms with van der Waals surface area (Å²) < 4.78 is 47.9. The molecular weight excluding hydrogens is 433 g/mol. The molecule has 33 heavy (non-hydrogen) atoms. The SMILES string of the molecule is COc1ccc(C2CC(C(F)(F)F)n3nc(C(=O)N(C)C(C)(C)CC(C)(C)C)cc3N2)cc1. The maximum atomic E-state index is 14.0. The highest BCUT2D eigenvalue weighted by Crippen LogP contribution is 2.44. The van der Waals surface area contributed by atoms with Crippen molar-refractivity contribution in [3.05, 3.63) is 41.6 Å². The van der Waals surface area contributed by atoms with Gasteiger partial charge in [-0.1, -0.05) is 32.9 Å². The van der Waals surface area contributed by atoms with Crippen LogP contribution in [0.2, 0.25) is 0 Å². The van der Waals surface area contributed by atoms with Crippen molar-refractivity contribution < 1.29 is 22.7 Å². The van der Waals surface area contributed by atoms with Gasteiger partial charge >= 0.3 is 6.18 Å². The van der Waals surface area contributed by atoms with Crippen molar-refractivity contribution >= 4 is 11.7 Å². The number of carbonyl (C=O) groups excluding carboxylic acids is 1. The fourth-order valence-corrected chi connectivity index (χ4v) is 4.60. The van der Waals surface area contributed by atoms with Crippen LogP contribution in [0.15, 0.2) is 30.3 Å². The van der Waals surface area contributed by atoms with Gasteiger partial charge in [-0.3, -0.25) is 4.79 Å². The van der Waals surface area contributed by atoms with Gasteiger partial charge in [0, 0.05) is 25.1 Å². The molecule has 2 aromatic rings. The number of rotatable bonds is 5. The molecule has 1 aromatic carbocycles. The number of benzene rings is 1. The summed E-state index contributed by atoms with van der Waals surface area (Å²) in [5, 5.41) is 7.24. The average molecular weight is 467 g/mol. The van der Waals surface area contributed by atoms with E-state index in [1.807, 2.05) is 13.8 Å². The Bertz CT molecular complexity index is 991. The number of methoxy groups -OCH3 is 1. The molecule has 182 valence electrons. The van der Waals surface area contributed by atoms with Crippen molar-refractivity contribution in [2.45, 2.75) is 71.3 Å². The van der Waals surface area contributed by atoms with Gasteiger partial charge in [0.15, 0.2) is 11.7 Å². The molecule has 9 heteroatoms. The number of carbonyl (C=O) groups is 1. The highest BCUT2D eigenvalue weighted by molar-refractivity contribution is 5.93. The number of alkyl halides is 3. The number of fused-ring (bicyclic) bond motifs is 1. The molecule has 2 atom stereocenters. The Kier molecular flexibility index (Phi) is 6.47. The van der Waals surface area contributed by atoms with Crippen LogP contribution in [-0.2, 0) is 0 Å². The molecule has 0 bridgehead atoms. The van der Waals surface area contributed by atoms with Crippen LogP contribution in [0.5, 0.6) is 5.75 Å². The summed E-state index contributed by atoms with van der Waals surface area (Å²) in [4.78, 5) is 14.8. The summed E-state index contributed by atoms with van der Waals surface area (Å²) in [6, 6.07) is 5.91. The topological polar surface area (TPSA) is 59.4 Å². The molecule has 1 aliphatic rings. The standard InChI is InChI=1S/C24H33F3N4O2/c1-22(2,3)14-23(4,5)30(6)21(32)18-13-20-28-17(15-8-10-16(33-7)11-9-15)12-19(24(25,26)27)31(20)29-18/h8-11,13,17,19,28H,12,14H2,1-7H3. The van der Waals surface area contributed by atoms with Crippen molar-refractivity contribution in [1.29, 1.82) is 0 Å². The number of hydrogen-bond donors (Lipinski definition) is 1. The summed E-state index contributed by atoms with van der Waals surface area (Å²) in [7, 11) is 3.20. The first-order chi connectivity index (χ1) is 15.1. The lowest BCUT2D eigenvalue weighted by atomic mass is 9.81. The predicted octanol–water partition coefficient (Wildman–Crippen LogP) is 5.84. The van der Waals surface area contributed by atoms with Gasteiger partial charge in [0.2, 0.25) is 0 Å². The van der Waals surface area contributed by atoms with E-state index >= 15 is 0 Å². The van der Waals surface area contributed by atoms with Crippen LogP contribution in [0, 0.1) is 5.41 Å². The molecular formula is C24H33F3N4O2. The summed E-state index contributed by atoms with van der Waals surface area (Å²) >= 11 is 0. The summed E-state index contributed by atoms with van der Waals surface area (Å²) in [5.41, 5.74) is 0.169. The van der Waals surface area contributed by atoms with Crippen molar-refractivity contribution in [3.8, 4) is 5.75 Å². The van der Waals surface area contributed by atoms with Crippen LogP contribution in [0.25, 0.3) is 0 Å². The quantitative estimate of drug-likeness (QED) is 0.602. The third-order valence-corrected chi connectivity index (χ3v) is 6.10. The van der Waals surface area contributed by atoms with Crippen molar-refractivity contribution in [3.63, 3.8) is 0 Å². The number of ether oxygens (including phenoxy) is 1. The fraction of sp³-hybridized carbons (Fsp3) is 0.583. The van der Waals surface area contributed by atoms with Crippen molar-refractivity contribution in [1.82, 2.24) is 14.7 Å². The number of nitrogens with one attached hydrogen (secondary N) is 1. The highest BCUT2D eigenvalue weighted by Gasteiger charge is 2.47. The summed E-state index contributed by atoms with van der Waals surface area (Å²) in [5.74, 6) is 0.394. The average Bonchev–Trinajstić information content (AvgIpc) is 3.13. The van der Waals surface area contributed by atoms with Crippen LogP contribution in [0.1, 0.15) is 75.6 Å².